The zero-order valence-electron chi connectivity index (χ0n) is 13.2. The second kappa shape index (κ2) is 10.2. The van der Waals surface area contributed by atoms with Gasteiger partial charge < -0.3 is 9.47 Å². The Morgan fingerprint density at radius 1 is 1.37 bits per heavy atom. The van der Waals surface area contributed by atoms with Crippen LogP contribution in [0.4, 0.5) is 0 Å². The lowest BCUT2D eigenvalue weighted by Gasteiger charge is -2.26. The molecule has 3 nitrogen and oxygen atoms in total. The number of methoxy groups -OCH3 is 1. The van der Waals surface area contributed by atoms with E-state index in [1.165, 1.54) is 0 Å². The van der Waals surface area contributed by atoms with E-state index in [1.54, 1.807) is 14.0 Å². The average Bonchev–Trinajstić information content (AvgIpc) is 2.40. The minimum absolute atomic E-state index is 0.117. The molecule has 0 amide bonds. The Bertz CT molecular complexity index is 279. The third-order valence-corrected chi connectivity index (χ3v) is 6.57. The van der Waals surface area contributed by atoms with Crippen LogP contribution in [0, 0.1) is 0 Å². The van der Waals surface area contributed by atoms with Gasteiger partial charge in [-0.1, -0.05) is 39.7 Å². The van der Waals surface area contributed by atoms with Gasteiger partial charge in [-0.05, 0) is 25.8 Å². The highest BCUT2D eigenvalue weighted by atomic mass is 28.2. The zero-order chi connectivity index (χ0) is 14.8. The maximum atomic E-state index is 11.7. The molecule has 0 spiro atoms. The Hall–Kier alpha value is -0.613. The van der Waals surface area contributed by atoms with Gasteiger partial charge in [-0.25, -0.2) is 4.79 Å². The molecule has 4 heteroatoms. The number of carbonyl (C=O) groups excluding carboxylic acids is 1. The van der Waals surface area contributed by atoms with Gasteiger partial charge in [-0.2, -0.15) is 0 Å². The van der Waals surface area contributed by atoms with Crippen LogP contribution in [0.1, 0.15) is 53.4 Å². The van der Waals surface area contributed by atoms with Gasteiger partial charge in [-0.15, -0.1) is 0 Å². The monoisotopic (exact) mass is 286 g/mol. The van der Waals surface area contributed by atoms with Gasteiger partial charge in [0.1, 0.15) is 0 Å². The van der Waals surface area contributed by atoms with E-state index in [4.69, 9.17) is 9.47 Å². The van der Waals surface area contributed by atoms with Gasteiger partial charge in [0.15, 0.2) is 0 Å². The first-order valence-electron chi connectivity index (χ1n) is 7.35. The topological polar surface area (TPSA) is 35.5 Å². The summed E-state index contributed by atoms with van der Waals surface area (Å²) < 4.78 is 11.0. The molecule has 0 aliphatic heterocycles. The van der Waals surface area contributed by atoms with E-state index in [0.717, 1.165) is 25.7 Å². The van der Waals surface area contributed by atoms with Crippen LogP contribution in [0.3, 0.4) is 0 Å². The molecule has 0 heterocycles. The van der Waals surface area contributed by atoms with Gasteiger partial charge in [0.2, 0.25) is 0 Å². The number of esters is 1. The van der Waals surface area contributed by atoms with Crippen molar-refractivity contribution in [1.29, 1.82) is 0 Å². The zero-order valence-corrected chi connectivity index (χ0v) is 14.6. The van der Waals surface area contributed by atoms with Crippen molar-refractivity contribution in [3.05, 3.63) is 12.2 Å². The molecule has 0 aromatic rings. The Labute approximate surface area is 120 Å². The van der Waals surface area contributed by atoms with Gasteiger partial charge >= 0.3 is 5.97 Å². The van der Waals surface area contributed by atoms with Crippen molar-refractivity contribution >= 4 is 15.5 Å². The summed E-state index contributed by atoms with van der Waals surface area (Å²) in [7, 11) is 1.23. The van der Waals surface area contributed by atoms with E-state index < -0.39 is 9.52 Å². The van der Waals surface area contributed by atoms with Crippen molar-refractivity contribution in [3.8, 4) is 0 Å². The molecule has 0 aromatic heterocycles. The van der Waals surface area contributed by atoms with Crippen molar-refractivity contribution in [2.75, 3.05) is 7.11 Å². The van der Waals surface area contributed by atoms with Crippen LogP contribution < -0.4 is 0 Å². The maximum Gasteiger partial charge on any atom is 0.333 e. The van der Waals surface area contributed by atoms with Gasteiger partial charge in [0.25, 0.3) is 0 Å². The molecule has 0 saturated carbocycles. The molecule has 0 aliphatic carbocycles. The minimum Gasteiger partial charge on any atom is -0.464 e. The van der Waals surface area contributed by atoms with Crippen molar-refractivity contribution in [1.82, 2.24) is 0 Å². The highest BCUT2D eigenvalue weighted by Crippen LogP contribution is 2.21. The number of ether oxygens (including phenoxy) is 2. The lowest BCUT2D eigenvalue weighted by molar-refractivity contribution is -0.141. The third-order valence-electron chi connectivity index (χ3n) is 3.63. The molecule has 19 heavy (non-hydrogen) atoms. The maximum absolute atomic E-state index is 11.7. The van der Waals surface area contributed by atoms with Crippen molar-refractivity contribution in [3.63, 3.8) is 0 Å². The smallest absolute Gasteiger partial charge is 0.333 e. The number of unbranched alkanes of at least 4 members (excludes halogenated alkanes) is 1. The molecule has 0 N–H and O–H groups in total. The SMILES string of the molecule is C=C(C)C(=O)OC(CCCC)[SiH2]C(CC)C(C)OC. The number of hydrogen-bond acceptors (Lipinski definition) is 3. The molecule has 3 atom stereocenters. The van der Waals surface area contributed by atoms with Crippen LogP contribution in [0.2, 0.25) is 5.54 Å². The van der Waals surface area contributed by atoms with E-state index >= 15 is 0 Å². The van der Waals surface area contributed by atoms with Crippen LogP contribution in [-0.4, -0.2) is 34.4 Å². The van der Waals surface area contributed by atoms with Crippen LogP contribution in [-0.2, 0) is 14.3 Å². The first-order chi connectivity index (χ1) is 8.96. The fourth-order valence-electron chi connectivity index (χ4n) is 2.13. The van der Waals surface area contributed by atoms with E-state index in [1.807, 2.05) is 0 Å². The summed E-state index contributed by atoms with van der Waals surface area (Å²) in [5.74, 6) is -0.242. The number of rotatable bonds is 10. The molecule has 0 radical (unpaired) electrons. The number of hydrogen-bond donors (Lipinski definition) is 0. The Kier molecular flexibility index (Phi) is 9.88. The van der Waals surface area contributed by atoms with Crippen molar-refractivity contribution in [2.24, 2.45) is 0 Å². The van der Waals surface area contributed by atoms with E-state index in [-0.39, 0.29) is 17.8 Å². The van der Waals surface area contributed by atoms with E-state index in [0.29, 0.717) is 11.1 Å². The summed E-state index contributed by atoms with van der Waals surface area (Å²) in [4.78, 5) is 11.7. The van der Waals surface area contributed by atoms with Crippen LogP contribution >= 0.6 is 0 Å². The van der Waals surface area contributed by atoms with E-state index in [2.05, 4.69) is 27.4 Å². The molecule has 3 unspecified atom stereocenters. The highest BCUT2D eigenvalue weighted by molar-refractivity contribution is 6.39. The summed E-state index contributed by atoms with van der Waals surface area (Å²) in [5, 5.41) is 0. The predicted octanol–water partition coefficient (Wildman–Crippen LogP) is 3.02. The first kappa shape index (κ1) is 18.4. The normalized spacial score (nSPS) is 16.3. The molecule has 0 rings (SSSR count). The molecule has 0 aliphatic rings. The Balaban J connectivity index is 4.55. The van der Waals surface area contributed by atoms with Crippen LogP contribution in [0.25, 0.3) is 0 Å². The summed E-state index contributed by atoms with van der Waals surface area (Å²) in [6, 6.07) is 0. The number of carbonyl (C=O) groups is 1. The molecular formula is C15H30O3Si. The second-order valence-electron chi connectivity index (χ2n) is 5.29. The van der Waals surface area contributed by atoms with Gasteiger partial charge in [-0.3, -0.25) is 0 Å². The molecule has 112 valence electrons. The fraction of sp³-hybridized carbons (Fsp3) is 0.800. The lowest BCUT2D eigenvalue weighted by Crippen LogP contribution is -2.32. The van der Waals surface area contributed by atoms with Gasteiger partial charge in [0, 0.05) is 12.7 Å². The molecule has 0 fully saturated rings. The molecule has 0 aromatic carbocycles. The molecule has 0 bridgehead atoms. The predicted molar refractivity (Wildman–Crippen MR) is 83.3 cm³/mol. The molecular weight excluding hydrogens is 256 g/mol. The average molecular weight is 286 g/mol. The first-order valence-corrected chi connectivity index (χ1v) is 8.98. The van der Waals surface area contributed by atoms with Gasteiger partial charge in [0.05, 0.1) is 21.4 Å². The summed E-state index contributed by atoms with van der Waals surface area (Å²) >= 11 is 0. The Morgan fingerprint density at radius 2 is 2.00 bits per heavy atom. The fourth-order valence-corrected chi connectivity index (χ4v) is 4.49. The molecule has 0 saturated heterocycles. The summed E-state index contributed by atoms with van der Waals surface area (Å²) in [5.41, 5.74) is 1.17. The Morgan fingerprint density at radius 3 is 2.42 bits per heavy atom. The minimum atomic E-state index is -0.523. The lowest BCUT2D eigenvalue weighted by atomic mass is 10.2. The highest BCUT2D eigenvalue weighted by Gasteiger charge is 2.23. The quantitative estimate of drug-likeness (QED) is 0.352. The van der Waals surface area contributed by atoms with Crippen LogP contribution in [0.15, 0.2) is 12.2 Å². The van der Waals surface area contributed by atoms with Crippen molar-refractivity contribution in [2.45, 2.75) is 70.8 Å². The summed E-state index contributed by atoms with van der Waals surface area (Å²) in [6.07, 6.45) is 4.57. The largest absolute Gasteiger partial charge is 0.464 e. The van der Waals surface area contributed by atoms with Crippen LogP contribution in [0.5, 0.6) is 0 Å². The third kappa shape index (κ3) is 7.53. The van der Waals surface area contributed by atoms with Crippen molar-refractivity contribution < 1.29 is 14.3 Å². The standard InChI is InChI=1S/C15H30O3Si/c1-7-9-10-14(18-15(16)11(3)4)19-13(8-2)12(5)17-6/h12-14H,3,7-10,19H2,1-2,4-6H3. The summed E-state index contributed by atoms with van der Waals surface area (Å²) in [6.45, 7) is 11.8. The van der Waals surface area contributed by atoms with E-state index in [9.17, 15) is 4.79 Å². The second-order valence-corrected chi connectivity index (χ2v) is 7.73.